The molecule has 0 fully saturated rings. The Kier molecular flexibility index (Phi) is 3.46. The summed E-state index contributed by atoms with van der Waals surface area (Å²) < 4.78 is 0. The van der Waals surface area contributed by atoms with E-state index in [9.17, 15) is 4.79 Å². The largest absolute Gasteiger partial charge is 0.339 e. The zero-order valence-electron chi connectivity index (χ0n) is 9.19. The molecule has 1 aromatic carbocycles. The van der Waals surface area contributed by atoms with E-state index >= 15 is 0 Å². The number of nitrogens with zero attached hydrogens (tertiary/aromatic N) is 2. The third kappa shape index (κ3) is 2.57. The van der Waals surface area contributed by atoms with E-state index in [2.05, 4.69) is 0 Å². The number of benzene rings is 1. The lowest BCUT2D eigenvalue weighted by Crippen LogP contribution is -2.32. The summed E-state index contributed by atoms with van der Waals surface area (Å²) >= 11 is 0. The average Bonchev–Trinajstić information content (AvgIpc) is 2.27. The van der Waals surface area contributed by atoms with Crippen molar-refractivity contribution in [3.63, 3.8) is 0 Å². The van der Waals surface area contributed by atoms with Crippen LogP contribution in [0, 0.1) is 11.3 Å². The van der Waals surface area contributed by atoms with Gasteiger partial charge in [-0.15, -0.1) is 0 Å². The molecule has 1 aromatic rings. The van der Waals surface area contributed by atoms with E-state index in [1.54, 1.807) is 36.2 Å². The molecule has 0 unspecified atom stereocenters. The van der Waals surface area contributed by atoms with Crippen LogP contribution in [0.5, 0.6) is 0 Å². The van der Waals surface area contributed by atoms with Crippen molar-refractivity contribution in [3.8, 4) is 6.07 Å². The maximum Gasteiger partial charge on any atom is 0.253 e. The van der Waals surface area contributed by atoms with Crippen LogP contribution in [0.4, 0.5) is 0 Å². The lowest BCUT2D eigenvalue weighted by atomic mass is 10.1. The van der Waals surface area contributed by atoms with Crippen molar-refractivity contribution < 1.29 is 4.79 Å². The predicted molar refractivity (Wildman–Crippen MR) is 58.4 cm³/mol. The van der Waals surface area contributed by atoms with Crippen molar-refractivity contribution in [3.05, 3.63) is 35.4 Å². The Hall–Kier alpha value is -1.82. The fourth-order valence-electron chi connectivity index (χ4n) is 1.13. The molecule has 0 saturated carbocycles. The van der Waals surface area contributed by atoms with E-state index in [0.29, 0.717) is 11.1 Å². The summed E-state index contributed by atoms with van der Waals surface area (Å²) in [5, 5.41) is 8.62. The summed E-state index contributed by atoms with van der Waals surface area (Å²) in [6, 6.07) is 8.86. The molecule has 1 amide bonds. The van der Waals surface area contributed by atoms with Gasteiger partial charge >= 0.3 is 0 Å². The minimum Gasteiger partial charge on any atom is -0.339 e. The molecule has 1 rings (SSSR count). The standard InChI is InChI=1S/C12H14N2O/c1-9(2)14(3)12(15)11-6-4-10(8-13)5-7-11/h4-7,9H,1-3H3. The van der Waals surface area contributed by atoms with Gasteiger partial charge in [0.05, 0.1) is 11.6 Å². The van der Waals surface area contributed by atoms with Gasteiger partial charge in [-0.25, -0.2) is 0 Å². The molecule has 0 spiro atoms. The molecule has 0 atom stereocenters. The maximum atomic E-state index is 11.8. The van der Waals surface area contributed by atoms with Gasteiger partial charge in [0, 0.05) is 18.7 Å². The quantitative estimate of drug-likeness (QED) is 0.736. The maximum absolute atomic E-state index is 11.8. The Morgan fingerprint density at radius 2 is 1.87 bits per heavy atom. The molecule has 0 N–H and O–H groups in total. The molecule has 0 aliphatic rings. The molecule has 0 bridgehead atoms. The lowest BCUT2D eigenvalue weighted by molar-refractivity contribution is 0.0755. The predicted octanol–water partition coefficient (Wildman–Crippen LogP) is 2.04. The number of amides is 1. The van der Waals surface area contributed by atoms with Crippen LogP contribution in [0.15, 0.2) is 24.3 Å². The number of carbonyl (C=O) groups is 1. The summed E-state index contributed by atoms with van der Waals surface area (Å²) in [5.41, 5.74) is 1.18. The lowest BCUT2D eigenvalue weighted by Gasteiger charge is -2.21. The highest BCUT2D eigenvalue weighted by Crippen LogP contribution is 2.08. The molecule has 0 heterocycles. The van der Waals surface area contributed by atoms with Crippen molar-refractivity contribution in [2.24, 2.45) is 0 Å². The van der Waals surface area contributed by atoms with E-state index in [0.717, 1.165) is 0 Å². The smallest absolute Gasteiger partial charge is 0.253 e. The van der Waals surface area contributed by atoms with Crippen molar-refractivity contribution >= 4 is 5.91 Å². The van der Waals surface area contributed by atoms with Gasteiger partial charge in [0.15, 0.2) is 0 Å². The van der Waals surface area contributed by atoms with Crippen LogP contribution in [0.25, 0.3) is 0 Å². The van der Waals surface area contributed by atoms with Gasteiger partial charge in [-0.3, -0.25) is 4.79 Å². The van der Waals surface area contributed by atoms with Crippen molar-refractivity contribution in [1.29, 1.82) is 5.26 Å². The molecular weight excluding hydrogens is 188 g/mol. The average molecular weight is 202 g/mol. The Morgan fingerprint density at radius 3 is 2.27 bits per heavy atom. The highest BCUT2D eigenvalue weighted by atomic mass is 16.2. The number of hydrogen-bond acceptors (Lipinski definition) is 2. The molecule has 15 heavy (non-hydrogen) atoms. The molecule has 0 aliphatic heterocycles. The Morgan fingerprint density at radius 1 is 1.33 bits per heavy atom. The van der Waals surface area contributed by atoms with Crippen molar-refractivity contribution in [1.82, 2.24) is 4.90 Å². The first-order chi connectivity index (χ1) is 7.06. The van der Waals surface area contributed by atoms with Gasteiger partial charge < -0.3 is 4.90 Å². The summed E-state index contributed by atoms with van der Waals surface area (Å²) in [6.07, 6.45) is 0. The van der Waals surface area contributed by atoms with Gasteiger partial charge in [0.2, 0.25) is 0 Å². The van der Waals surface area contributed by atoms with Crippen LogP contribution in [-0.2, 0) is 0 Å². The fraction of sp³-hybridized carbons (Fsp3) is 0.333. The third-order valence-corrected chi connectivity index (χ3v) is 2.36. The topological polar surface area (TPSA) is 44.1 Å². The van der Waals surface area contributed by atoms with Crippen LogP contribution in [0.1, 0.15) is 29.8 Å². The highest BCUT2D eigenvalue weighted by molar-refractivity contribution is 5.94. The number of rotatable bonds is 2. The molecule has 3 heteroatoms. The molecule has 3 nitrogen and oxygen atoms in total. The highest BCUT2D eigenvalue weighted by Gasteiger charge is 2.13. The number of nitriles is 1. The Balaban J connectivity index is 2.89. The zero-order chi connectivity index (χ0) is 11.4. The van der Waals surface area contributed by atoms with Crippen LogP contribution in [0.2, 0.25) is 0 Å². The van der Waals surface area contributed by atoms with E-state index in [4.69, 9.17) is 5.26 Å². The van der Waals surface area contributed by atoms with Gasteiger partial charge in [0.1, 0.15) is 0 Å². The van der Waals surface area contributed by atoms with Crippen LogP contribution in [0.3, 0.4) is 0 Å². The number of carbonyl (C=O) groups excluding carboxylic acids is 1. The Labute approximate surface area is 89.9 Å². The Bertz CT molecular complexity index is 387. The second-order valence-corrected chi connectivity index (χ2v) is 3.70. The minimum atomic E-state index is -0.0190. The van der Waals surface area contributed by atoms with Crippen LogP contribution < -0.4 is 0 Å². The summed E-state index contributed by atoms with van der Waals surface area (Å²) in [7, 11) is 1.77. The van der Waals surface area contributed by atoms with E-state index in [-0.39, 0.29) is 11.9 Å². The SMILES string of the molecule is CC(C)N(C)C(=O)c1ccc(C#N)cc1. The number of hydrogen-bond donors (Lipinski definition) is 0. The van der Waals surface area contributed by atoms with Gasteiger partial charge in [-0.1, -0.05) is 0 Å². The first-order valence-electron chi connectivity index (χ1n) is 4.83. The van der Waals surface area contributed by atoms with Gasteiger partial charge in [-0.05, 0) is 38.1 Å². The second-order valence-electron chi connectivity index (χ2n) is 3.70. The van der Waals surface area contributed by atoms with E-state index < -0.39 is 0 Å². The molecular formula is C12H14N2O. The minimum absolute atomic E-state index is 0.0190. The molecule has 0 radical (unpaired) electrons. The first kappa shape index (κ1) is 11.3. The van der Waals surface area contributed by atoms with E-state index in [1.807, 2.05) is 19.9 Å². The van der Waals surface area contributed by atoms with E-state index in [1.165, 1.54) is 0 Å². The van der Waals surface area contributed by atoms with Crippen molar-refractivity contribution in [2.45, 2.75) is 19.9 Å². The fourth-order valence-corrected chi connectivity index (χ4v) is 1.13. The van der Waals surface area contributed by atoms with Crippen LogP contribution in [-0.4, -0.2) is 23.9 Å². The summed E-state index contributed by atoms with van der Waals surface area (Å²) in [5.74, 6) is -0.0190. The van der Waals surface area contributed by atoms with Crippen LogP contribution >= 0.6 is 0 Å². The third-order valence-electron chi connectivity index (χ3n) is 2.36. The normalized spacial score (nSPS) is 9.80. The first-order valence-corrected chi connectivity index (χ1v) is 4.83. The molecule has 0 aliphatic carbocycles. The zero-order valence-corrected chi connectivity index (χ0v) is 9.19. The van der Waals surface area contributed by atoms with Gasteiger partial charge in [0.25, 0.3) is 5.91 Å². The van der Waals surface area contributed by atoms with Gasteiger partial charge in [-0.2, -0.15) is 5.26 Å². The monoisotopic (exact) mass is 202 g/mol. The molecule has 0 aromatic heterocycles. The summed E-state index contributed by atoms with van der Waals surface area (Å²) in [6.45, 7) is 3.92. The van der Waals surface area contributed by atoms with Crippen molar-refractivity contribution in [2.75, 3.05) is 7.05 Å². The second kappa shape index (κ2) is 4.61. The summed E-state index contributed by atoms with van der Waals surface area (Å²) in [4.78, 5) is 13.5. The molecule has 78 valence electrons. The molecule has 0 saturated heterocycles.